The topological polar surface area (TPSA) is 176 Å². The van der Waals surface area contributed by atoms with E-state index >= 15 is 0 Å². The van der Waals surface area contributed by atoms with E-state index in [-0.39, 0.29) is 17.7 Å². The van der Waals surface area contributed by atoms with Crippen LogP contribution in [0.25, 0.3) is 21.8 Å². The number of carbonyl (C=O) groups excluding carboxylic acids is 2. The molecule has 232 valence electrons. The SMILES string of the molecule is CC(C)C[C@H](N)C(N)=O.CC(C)C[C@H](Nc1nc(CCl)nc2ccccc12)C(N)=O.ClCc1nc(Cl)c2ccccc2n1. The van der Waals surface area contributed by atoms with Crippen LogP contribution in [0, 0.1) is 11.8 Å². The standard InChI is InChI=1S/C15H19ClN4O.C9H6Cl2N2.C6H14N2O/c1-9(2)7-12(14(17)21)19-15-10-5-3-4-6-11(10)18-13(8-16)20-15;10-5-8-12-7-4-2-1-3-6(7)9(11)13-8;1-4(2)3-5(7)6(8)9/h3-6,9,12H,7-8H2,1-2H3,(H2,17,21)(H,18,19,20);1-4H,5H2;4-5H,3,7H2,1-2H3,(H2,8,9)/t12-;;5-/m0.0/s1. The summed E-state index contributed by atoms with van der Waals surface area (Å²) >= 11 is 17.4. The third-order valence-electron chi connectivity index (χ3n) is 5.94. The Balaban J connectivity index is 0.000000250. The Hall–Kier alpha value is -3.31. The van der Waals surface area contributed by atoms with Crippen molar-refractivity contribution < 1.29 is 9.59 Å². The van der Waals surface area contributed by atoms with Crippen LogP contribution >= 0.6 is 34.8 Å². The number of carbonyl (C=O) groups is 2. The Morgan fingerprint density at radius 1 is 0.744 bits per heavy atom. The lowest BCUT2D eigenvalue weighted by atomic mass is 10.0. The highest BCUT2D eigenvalue weighted by atomic mass is 35.5. The molecule has 43 heavy (non-hydrogen) atoms. The second-order valence-electron chi connectivity index (χ2n) is 10.6. The van der Waals surface area contributed by atoms with Gasteiger partial charge in [0.25, 0.3) is 0 Å². The molecule has 2 heterocycles. The molecule has 0 spiro atoms. The van der Waals surface area contributed by atoms with Crippen LogP contribution < -0.4 is 22.5 Å². The minimum Gasteiger partial charge on any atom is -0.368 e. The number of rotatable bonds is 10. The zero-order valence-corrected chi connectivity index (χ0v) is 27.0. The lowest BCUT2D eigenvalue weighted by Gasteiger charge is -2.19. The summed E-state index contributed by atoms with van der Waals surface area (Å²) in [4.78, 5) is 39.0. The summed E-state index contributed by atoms with van der Waals surface area (Å²) in [6, 6.07) is 14.2. The van der Waals surface area contributed by atoms with Crippen LogP contribution in [0.1, 0.15) is 52.2 Å². The van der Waals surface area contributed by atoms with Crippen molar-refractivity contribution in [3.8, 4) is 0 Å². The fourth-order valence-corrected chi connectivity index (χ4v) is 4.44. The Kier molecular flexibility index (Phi) is 14.8. The fraction of sp³-hybridized carbons (Fsp3) is 0.400. The maximum absolute atomic E-state index is 11.6. The number of benzene rings is 2. The van der Waals surface area contributed by atoms with Gasteiger partial charge in [0, 0.05) is 10.8 Å². The number of amides is 2. The first-order valence-corrected chi connectivity index (χ1v) is 15.2. The lowest BCUT2D eigenvalue weighted by molar-refractivity contribution is -0.120. The molecule has 0 fully saturated rings. The van der Waals surface area contributed by atoms with Crippen LogP contribution in [0.15, 0.2) is 48.5 Å². The molecule has 0 aliphatic carbocycles. The molecule has 0 saturated heterocycles. The van der Waals surface area contributed by atoms with Crippen molar-refractivity contribution in [2.24, 2.45) is 29.0 Å². The van der Waals surface area contributed by atoms with Gasteiger partial charge in [-0.25, -0.2) is 19.9 Å². The van der Waals surface area contributed by atoms with Gasteiger partial charge in [0.1, 0.15) is 28.7 Å². The average Bonchev–Trinajstić information content (AvgIpc) is 2.96. The summed E-state index contributed by atoms with van der Waals surface area (Å²) < 4.78 is 0. The summed E-state index contributed by atoms with van der Waals surface area (Å²) in [5, 5.41) is 5.31. The molecular weight excluding hydrogens is 611 g/mol. The molecule has 2 atom stereocenters. The summed E-state index contributed by atoms with van der Waals surface area (Å²) in [5.74, 6) is 2.15. The molecule has 13 heteroatoms. The molecule has 2 amide bonds. The lowest BCUT2D eigenvalue weighted by Crippen LogP contribution is -2.37. The number of nitrogens with two attached hydrogens (primary N) is 3. The predicted octanol–water partition coefficient (Wildman–Crippen LogP) is 5.55. The van der Waals surface area contributed by atoms with Crippen molar-refractivity contribution >= 4 is 74.2 Å². The van der Waals surface area contributed by atoms with Crippen molar-refractivity contribution in [3.05, 3.63) is 65.3 Å². The molecule has 0 aliphatic rings. The van der Waals surface area contributed by atoms with Gasteiger partial charge >= 0.3 is 0 Å². The highest BCUT2D eigenvalue weighted by molar-refractivity contribution is 6.34. The number of halogens is 3. The van der Waals surface area contributed by atoms with Gasteiger partial charge in [0.2, 0.25) is 11.8 Å². The summed E-state index contributed by atoms with van der Waals surface area (Å²) in [5.41, 5.74) is 17.4. The van der Waals surface area contributed by atoms with Crippen molar-refractivity contribution in [1.29, 1.82) is 0 Å². The smallest absolute Gasteiger partial charge is 0.239 e. The number of aromatic nitrogens is 4. The van der Waals surface area contributed by atoms with E-state index in [1.807, 2.05) is 76.2 Å². The van der Waals surface area contributed by atoms with E-state index < -0.39 is 18.0 Å². The highest BCUT2D eigenvalue weighted by Crippen LogP contribution is 2.23. The van der Waals surface area contributed by atoms with Crippen molar-refractivity contribution in [2.45, 2.75) is 64.4 Å². The number of nitrogens with one attached hydrogen (secondary N) is 1. The first kappa shape index (κ1) is 35.9. The molecular formula is C30H39Cl3N8O2. The molecule has 2 aromatic carbocycles. The van der Waals surface area contributed by atoms with Gasteiger partial charge in [-0.15, -0.1) is 23.2 Å². The summed E-state index contributed by atoms with van der Waals surface area (Å²) in [6.07, 6.45) is 1.32. The number of hydrogen-bond donors (Lipinski definition) is 4. The molecule has 0 bridgehead atoms. The maximum Gasteiger partial charge on any atom is 0.239 e. The van der Waals surface area contributed by atoms with E-state index in [1.54, 1.807) is 0 Å². The normalized spacial score (nSPS) is 12.2. The molecule has 4 aromatic rings. The predicted molar refractivity (Wildman–Crippen MR) is 176 cm³/mol. The summed E-state index contributed by atoms with van der Waals surface area (Å²) in [6.45, 7) is 8.09. The Labute approximate surface area is 267 Å². The van der Waals surface area contributed by atoms with Crippen LogP contribution in [0.5, 0.6) is 0 Å². The van der Waals surface area contributed by atoms with E-state index in [4.69, 9.17) is 52.0 Å². The monoisotopic (exact) mass is 648 g/mol. The van der Waals surface area contributed by atoms with Crippen LogP contribution in [-0.4, -0.2) is 43.8 Å². The van der Waals surface area contributed by atoms with Gasteiger partial charge in [-0.05, 0) is 48.9 Å². The number of hydrogen-bond acceptors (Lipinski definition) is 8. The number of nitrogens with zero attached hydrogens (tertiary/aromatic N) is 4. The van der Waals surface area contributed by atoms with Gasteiger partial charge in [0.05, 0.1) is 28.8 Å². The summed E-state index contributed by atoms with van der Waals surface area (Å²) in [7, 11) is 0. The quantitative estimate of drug-likeness (QED) is 0.128. The minimum absolute atomic E-state index is 0.213. The molecule has 4 rings (SSSR count). The van der Waals surface area contributed by atoms with Crippen LogP contribution in [0.2, 0.25) is 5.15 Å². The van der Waals surface area contributed by atoms with E-state index in [9.17, 15) is 9.59 Å². The van der Waals surface area contributed by atoms with Gasteiger partial charge in [-0.3, -0.25) is 9.59 Å². The third-order valence-corrected chi connectivity index (χ3v) is 6.71. The van der Waals surface area contributed by atoms with Gasteiger partial charge < -0.3 is 22.5 Å². The fourth-order valence-electron chi connectivity index (χ4n) is 3.94. The molecule has 10 nitrogen and oxygen atoms in total. The number of primary amides is 2. The van der Waals surface area contributed by atoms with E-state index in [0.717, 1.165) is 21.8 Å². The zero-order chi connectivity index (χ0) is 32.1. The third kappa shape index (κ3) is 11.7. The van der Waals surface area contributed by atoms with Crippen molar-refractivity contribution in [2.75, 3.05) is 5.32 Å². The van der Waals surface area contributed by atoms with Gasteiger partial charge in [-0.1, -0.05) is 63.6 Å². The number of fused-ring (bicyclic) bond motifs is 2. The average molecular weight is 650 g/mol. The largest absolute Gasteiger partial charge is 0.368 e. The number of anilines is 1. The van der Waals surface area contributed by atoms with E-state index in [1.165, 1.54) is 0 Å². The first-order valence-electron chi connectivity index (χ1n) is 13.8. The molecule has 0 unspecified atom stereocenters. The van der Waals surface area contributed by atoms with Crippen molar-refractivity contribution in [3.63, 3.8) is 0 Å². The maximum atomic E-state index is 11.6. The highest BCUT2D eigenvalue weighted by Gasteiger charge is 2.19. The Morgan fingerprint density at radius 2 is 1.23 bits per heavy atom. The second kappa shape index (κ2) is 17.7. The van der Waals surface area contributed by atoms with E-state index in [0.29, 0.717) is 47.3 Å². The molecule has 7 N–H and O–H groups in total. The van der Waals surface area contributed by atoms with Crippen molar-refractivity contribution in [1.82, 2.24) is 19.9 Å². The van der Waals surface area contributed by atoms with Crippen LogP contribution in [-0.2, 0) is 21.3 Å². The molecule has 0 aliphatic heterocycles. The van der Waals surface area contributed by atoms with Gasteiger partial charge in [-0.2, -0.15) is 0 Å². The Morgan fingerprint density at radius 3 is 1.70 bits per heavy atom. The van der Waals surface area contributed by atoms with E-state index in [2.05, 4.69) is 25.3 Å². The Bertz CT molecular complexity index is 1500. The first-order chi connectivity index (χ1) is 20.4. The zero-order valence-electron chi connectivity index (χ0n) is 24.7. The van der Waals surface area contributed by atoms with Crippen LogP contribution in [0.3, 0.4) is 0 Å². The second-order valence-corrected chi connectivity index (χ2v) is 11.5. The number of alkyl halides is 2. The molecule has 0 radical (unpaired) electrons. The van der Waals surface area contributed by atoms with Gasteiger partial charge in [0.15, 0.2) is 0 Å². The van der Waals surface area contributed by atoms with Crippen LogP contribution in [0.4, 0.5) is 5.82 Å². The molecule has 2 aromatic heterocycles. The minimum atomic E-state index is -0.468. The molecule has 0 saturated carbocycles. The number of para-hydroxylation sites is 2.